The first-order valence-electron chi connectivity index (χ1n) is 5.86. The molecule has 0 atom stereocenters. The van der Waals surface area contributed by atoms with E-state index in [-0.39, 0.29) is 5.78 Å². The van der Waals surface area contributed by atoms with Crippen molar-refractivity contribution in [2.75, 3.05) is 0 Å². The molecule has 0 fully saturated rings. The van der Waals surface area contributed by atoms with Crippen molar-refractivity contribution in [3.05, 3.63) is 77.4 Å². The van der Waals surface area contributed by atoms with Crippen LogP contribution in [0.25, 0.3) is 6.08 Å². The number of hydrogen-bond acceptors (Lipinski definition) is 2. The average Bonchev–Trinajstić information content (AvgIpc) is 2.46. The molecular formula is C16H15NO. The lowest BCUT2D eigenvalue weighted by atomic mass is 10.1. The molecule has 0 unspecified atom stereocenters. The summed E-state index contributed by atoms with van der Waals surface area (Å²) >= 11 is 0. The fourth-order valence-electron chi connectivity index (χ4n) is 1.75. The van der Waals surface area contributed by atoms with Crippen molar-refractivity contribution >= 4 is 11.9 Å². The van der Waals surface area contributed by atoms with Crippen LogP contribution in [0.15, 0.2) is 60.7 Å². The third-order valence-corrected chi connectivity index (χ3v) is 2.75. The molecule has 18 heavy (non-hydrogen) atoms. The lowest BCUT2D eigenvalue weighted by Gasteiger charge is -2.01. The number of carbonyl (C=O) groups excluding carboxylic acids is 1. The van der Waals surface area contributed by atoms with Gasteiger partial charge < -0.3 is 5.73 Å². The monoisotopic (exact) mass is 237 g/mol. The van der Waals surface area contributed by atoms with Gasteiger partial charge in [0.15, 0.2) is 5.78 Å². The van der Waals surface area contributed by atoms with E-state index in [1.54, 1.807) is 6.08 Å². The van der Waals surface area contributed by atoms with Gasteiger partial charge in [-0.3, -0.25) is 4.79 Å². The van der Waals surface area contributed by atoms with Crippen LogP contribution in [0.2, 0.25) is 0 Å². The molecule has 0 spiro atoms. The highest BCUT2D eigenvalue weighted by molar-refractivity contribution is 6.06. The zero-order chi connectivity index (χ0) is 12.8. The van der Waals surface area contributed by atoms with Crippen LogP contribution in [0.3, 0.4) is 0 Å². The summed E-state index contributed by atoms with van der Waals surface area (Å²) in [7, 11) is 0. The zero-order valence-corrected chi connectivity index (χ0v) is 10.0. The van der Waals surface area contributed by atoms with Crippen molar-refractivity contribution in [1.82, 2.24) is 0 Å². The number of hydrogen-bond donors (Lipinski definition) is 1. The third-order valence-electron chi connectivity index (χ3n) is 2.75. The van der Waals surface area contributed by atoms with Crippen molar-refractivity contribution in [3.63, 3.8) is 0 Å². The highest BCUT2D eigenvalue weighted by Crippen LogP contribution is 2.11. The fourth-order valence-corrected chi connectivity index (χ4v) is 1.75. The Morgan fingerprint density at radius 1 is 1.00 bits per heavy atom. The number of rotatable bonds is 4. The van der Waals surface area contributed by atoms with Crippen molar-refractivity contribution in [2.45, 2.75) is 6.54 Å². The summed E-state index contributed by atoms with van der Waals surface area (Å²) < 4.78 is 0. The summed E-state index contributed by atoms with van der Waals surface area (Å²) in [6.45, 7) is 0.472. The first-order valence-corrected chi connectivity index (χ1v) is 5.86. The second-order valence-corrected chi connectivity index (χ2v) is 3.97. The van der Waals surface area contributed by atoms with Crippen molar-refractivity contribution in [1.29, 1.82) is 0 Å². The Hall–Kier alpha value is -2.19. The Bertz CT molecular complexity index is 558. The Morgan fingerprint density at radius 2 is 1.67 bits per heavy atom. The number of ketones is 1. The van der Waals surface area contributed by atoms with E-state index in [1.807, 2.05) is 60.7 Å². The van der Waals surface area contributed by atoms with Crippen LogP contribution in [-0.4, -0.2) is 5.78 Å². The maximum atomic E-state index is 11.9. The van der Waals surface area contributed by atoms with E-state index in [2.05, 4.69) is 0 Å². The molecule has 0 aliphatic rings. The van der Waals surface area contributed by atoms with Crippen LogP contribution in [-0.2, 0) is 6.54 Å². The van der Waals surface area contributed by atoms with Crippen LogP contribution in [0.4, 0.5) is 0 Å². The number of nitrogens with two attached hydrogens (primary N) is 1. The van der Waals surface area contributed by atoms with Gasteiger partial charge in [0.2, 0.25) is 0 Å². The summed E-state index contributed by atoms with van der Waals surface area (Å²) in [6, 6.07) is 17.0. The van der Waals surface area contributed by atoms with E-state index in [1.165, 1.54) is 0 Å². The molecule has 0 aromatic heterocycles. The summed E-state index contributed by atoms with van der Waals surface area (Å²) in [5, 5.41) is 0. The molecule has 0 heterocycles. The molecule has 2 aromatic carbocycles. The van der Waals surface area contributed by atoms with Gasteiger partial charge in [-0.2, -0.15) is 0 Å². The van der Waals surface area contributed by atoms with Gasteiger partial charge >= 0.3 is 0 Å². The van der Waals surface area contributed by atoms with Gasteiger partial charge in [-0.1, -0.05) is 60.7 Å². The minimum atomic E-state index is 0.00224. The quantitative estimate of drug-likeness (QED) is 0.656. The van der Waals surface area contributed by atoms with E-state index in [4.69, 9.17) is 5.73 Å². The normalized spacial score (nSPS) is 10.7. The second kappa shape index (κ2) is 5.94. The van der Waals surface area contributed by atoms with Crippen LogP contribution < -0.4 is 5.73 Å². The molecule has 0 aliphatic carbocycles. The van der Waals surface area contributed by atoms with Crippen LogP contribution in [0.5, 0.6) is 0 Å². The van der Waals surface area contributed by atoms with Crippen molar-refractivity contribution in [2.24, 2.45) is 5.73 Å². The van der Waals surface area contributed by atoms with Crippen LogP contribution >= 0.6 is 0 Å². The summed E-state index contributed by atoms with van der Waals surface area (Å²) in [5.74, 6) is 0.00224. The highest BCUT2D eigenvalue weighted by Gasteiger charge is 2.00. The Balaban J connectivity index is 2.19. The molecular weight excluding hydrogens is 222 g/mol. The zero-order valence-electron chi connectivity index (χ0n) is 10.0. The molecule has 2 heteroatoms. The van der Waals surface area contributed by atoms with Gasteiger partial charge in [-0.05, 0) is 17.2 Å². The van der Waals surface area contributed by atoms with E-state index in [0.717, 1.165) is 11.1 Å². The molecule has 0 aliphatic heterocycles. The first-order chi connectivity index (χ1) is 8.81. The first kappa shape index (κ1) is 12.3. The SMILES string of the molecule is NCc1ccccc1/C=C/C(=O)c1ccccc1. The summed E-state index contributed by atoms with van der Waals surface area (Å²) in [6.07, 6.45) is 3.40. The highest BCUT2D eigenvalue weighted by atomic mass is 16.1. The fraction of sp³-hybridized carbons (Fsp3) is 0.0625. The maximum Gasteiger partial charge on any atom is 0.185 e. The van der Waals surface area contributed by atoms with E-state index >= 15 is 0 Å². The number of benzene rings is 2. The van der Waals surface area contributed by atoms with Gasteiger partial charge in [-0.15, -0.1) is 0 Å². The molecule has 2 N–H and O–H groups in total. The van der Waals surface area contributed by atoms with E-state index < -0.39 is 0 Å². The second-order valence-electron chi connectivity index (χ2n) is 3.97. The van der Waals surface area contributed by atoms with Gasteiger partial charge in [0.1, 0.15) is 0 Å². The van der Waals surface area contributed by atoms with Crippen LogP contribution in [0, 0.1) is 0 Å². The van der Waals surface area contributed by atoms with Gasteiger partial charge in [0, 0.05) is 12.1 Å². The van der Waals surface area contributed by atoms with E-state index in [9.17, 15) is 4.79 Å². The molecule has 90 valence electrons. The summed E-state index contributed by atoms with van der Waals surface area (Å²) in [5.41, 5.74) is 8.37. The predicted molar refractivity (Wildman–Crippen MR) is 74.1 cm³/mol. The maximum absolute atomic E-state index is 11.9. The predicted octanol–water partition coefficient (Wildman–Crippen LogP) is 3.04. The van der Waals surface area contributed by atoms with Gasteiger partial charge in [0.25, 0.3) is 0 Å². The Labute approximate surface area is 107 Å². The third kappa shape index (κ3) is 2.93. The molecule has 2 nitrogen and oxygen atoms in total. The minimum Gasteiger partial charge on any atom is -0.326 e. The lowest BCUT2D eigenvalue weighted by Crippen LogP contribution is -1.99. The summed E-state index contributed by atoms with van der Waals surface area (Å²) in [4.78, 5) is 11.9. The average molecular weight is 237 g/mol. The van der Waals surface area contributed by atoms with E-state index in [0.29, 0.717) is 12.1 Å². The molecule has 0 saturated heterocycles. The standard InChI is InChI=1S/C16H15NO/c17-12-15-9-5-4-6-13(15)10-11-16(18)14-7-2-1-3-8-14/h1-11H,12,17H2/b11-10+. The van der Waals surface area contributed by atoms with Crippen LogP contribution in [0.1, 0.15) is 21.5 Å². The topological polar surface area (TPSA) is 43.1 Å². The van der Waals surface area contributed by atoms with Crippen molar-refractivity contribution in [3.8, 4) is 0 Å². The minimum absolute atomic E-state index is 0.00224. The Kier molecular flexibility index (Phi) is 4.05. The number of carbonyl (C=O) groups is 1. The molecule has 0 radical (unpaired) electrons. The number of allylic oxidation sites excluding steroid dienone is 1. The molecule has 0 bridgehead atoms. The van der Waals surface area contributed by atoms with Crippen molar-refractivity contribution < 1.29 is 4.79 Å². The van der Waals surface area contributed by atoms with Gasteiger partial charge in [0.05, 0.1) is 0 Å². The lowest BCUT2D eigenvalue weighted by molar-refractivity contribution is 0.104. The molecule has 0 saturated carbocycles. The molecule has 2 rings (SSSR count). The largest absolute Gasteiger partial charge is 0.326 e. The van der Waals surface area contributed by atoms with Gasteiger partial charge in [-0.25, -0.2) is 0 Å². The molecule has 2 aromatic rings. The smallest absolute Gasteiger partial charge is 0.185 e. The molecule has 0 amide bonds. The Morgan fingerprint density at radius 3 is 2.39 bits per heavy atom.